The Morgan fingerprint density at radius 3 is 2.47 bits per heavy atom. The first-order valence-electron chi connectivity index (χ1n) is 10.5. The number of carbonyl (C=O) groups is 1. The molecule has 0 radical (unpaired) electrons. The van der Waals surface area contributed by atoms with E-state index in [0.29, 0.717) is 11.6 Å². The van der Waals surface area contributed by atoms with Gasteiger partial charge in [0.25, 0.3) is 0 Å². The molecule has 162 valence electrons. The molecule has 5 nitrogen and oxygen atoms in total. The van der Waals surface area contributed by atoms with Crippen LogP contribution in [0.2, 0.25) is 0 Å². The highest BCUT2D eigenvalue weighted by Gasteiger charge is 2.16. The Labute approximate surface area is 192 Å². The smallest absolute Gasteiger partial charge is 0.234 e. The van der Waals surface area contributed by atoms with Gasteiger partial charge in [-0.1, -0.05) is 60.3 Å². The first-order chi connectivity index (χ1) is 15.5. The first kappa shape index (κ1) is 21.8. The van der Waals surface area contributed by atoms with Gasteiger partial charge >= 0.3 is 0 Å². The number of rotatable bonds is 7. The molecule has 1 N–H and O–H groups in total. The molecular formula is C26H26N4OS. The minimum absolute atomic E-state index is 0.0679. The lowest BCUT2D eigenvalue weighted by atomic mass is 10.1. The number of nitrogens with zero attached hydrogens (tertiary/aromatic N) is 3. The van der Waals surface area contributed by atoms with Crippen LogP contribution in [-0.4, -0.2) is 26.4 Å². The van der Waals surface area contributed by atoms with E-state index in [0.717, 1.165) is 33.9 Å². The Kier molecular flexibility index (Phi) is 6.71. The predicted molar refractivity (Wildman–Crippen MR) is 131 cm³/mol. The van der Waals surface area contributed by atoms with Crippen LogP contribution in [0.5, 0.6) is 0 Å². The predicted octanol–water partition coefficient (Wildman–Crippen LogP) is 5.51. The Morgan fingerprint density at radius 1 is 0.906 bits per heavy atom. The topological polar surface area (TPSA) is 59.8 Å². The third kappa shape index (κ3) is 5.26. The summed E-state index contributed by atoms with van der Waals surface area (Å²) in [6.07, 6.45) is 0.664. The molecule has 0 saturated heterocycles. The van der Waals surface area contributed by atoms with Crippen LogP contribution in [0.25, 0.3) is 5.69 Å². The molecular weight excluding hydrogens is 416 g/mol. The maximum absolute atomic E-state index is 12.6. The van der Waals surface area contributed by atoms with Crippen LogP contribution in [0.1, 0.15) is 28.1 Å². The van der Waals surface area contributed by atoms with E-state index in [-0.39, 0.29) is 11.7 Å². The van der Waals surface area contributed by atoms with Gasteiger partial charge in [-0.2, -0.15) is 0 Å². The van der Waals surface area contributed by atoms with Crippen LogP contribution < -0.4 is 5.32 Å². The van der Waals surface area contributed by atoms with Gasteiger partial charge in [0, 0.05) is 17.8 Å². The molecule has 1 heterocycles. The van der Waals surface area contributed by atoms with Crippen molar-refractivity contribution in [2.75, 3.05) is 11.1 Å². The molecule has 0 spiro atoms. The number of aromatic nitrogens is 3. The number of anilines is 1. The van der Waals surface area contributed by atoms with E-state index in [4.69, 9.17) is 0 Å². The minimum atomic E-state index is -0.0679. The van der Waals surface area contributed by atoms with Crippen LogP contribution in [0, 0.1) is 20.8 Å². The van der Waals surface area contributed by atoms with Gasteiger partial charge in [-0.15, -0.1) is 10.2 Å². The average Bonchev–Trinajstić information content (AvgIpc) is 3.18. The van der Waals surface area contributed by atoms with Crippen molar-refractivity contribution in [1.29, 1.82) is 0 Å². The third-order valence-electron chi connectivity index (χ3n) is 5.29. The van der Waals surface area contributed by atoms with Gasteiger partial charge in [0.15, 0.2) is 5.16 Å². The molecule has 1 amide bonds. The van der Waals surface area contributed by atoms with Crippen molar-refractivity contribution in [3.05, 3.63) is 101 Å². The molecule has 4 aromatic rings. The molecule has 0 aliphatic heterocycles. The number of aryl methyl sites for hydroxylation is 3. The number of carbonyl (C=O) groups excluding carboxylic acids is 1. The summed E-state index contributed by atoms with van der Waals surface area (Å²) in [4.78, 5) is 12.6. The van der Waals surface area contributed by atoms with Gasteiger partial charge in [-0.3, -0.25) is 9.36 Å². The van der Waals surface area contributed by atoms with E-state index in [2.05, 4.69) is 53.6 Å². The van der Waals surface area contributed by atoms with Gasteiger partial charge in [0.1, 0.15) is 5.82 Å². The van der Waals surface area contributed by atoms with Crippen molar-refractivity contribution in [2.24, 2.45) is 0 Å². The maximum atomic E-state index is 12.6. The summed E-state index contributed by atoms with van der Waals surface area (Å²) in [5.74, 6) is 1.03. The van der Waals surface area contributed by atoms with Crippen molar-refractivity contribution >= 4 is 23.4 Å². The Bertz CT molecular complexity index is 1230. The molecule has 1 aromatic heterocycles. The van der Waals surface area contributed by atoms with Gasteiger partial charge < -0.3 is 5.32 Å². The first-order valence-corrected chi connectivity index (χ1v) is 11.5. The van der Waals surface area contributed by atoms with E-state index in [1.54, 1.807) is 0 Å². The maximum Gasteiger partial charge on any atom is 0.234 e. The van der Waals surface area contributed by atoms with Gasteiger partial charge in [-0.05, 0) is 67.3 Å². The highest BCUT2D eigenvalue weighted by Crippen LogP contribution is 2.24. The van der Waals surface area contributed by atoms with Crippen LogP contribution >= 0.6 is 11.8 Å². The summed E-state index contributed by atoms with van der Waals surface area (Å²) < 4.78 is 2.05. The summed E-state index contributed by atoms with van der Waals surface area (Å²) in [5.41, 5.74) is 6.49. The number of benzene rings is 3. The molecule has 6 heteroatoms. The normalized spacial score (nSPS) is 10.8. The van der Waals surface area contributed by atoms with Crippen molar-refractivity contribution < 1.29 is 4.79 Å². The highest BCUT2D eigenvalue weighted by atomic mass is 32.2. The molecule has 0 saturated carbocycles. The summed E-state index contributed by atoms with van der Waals surface area (Å²) in [7, 11) is 0. The van der Waals surface area contributed by atoms with Crippen LogP contribution in [0.4, 0.5) is 5.69 Å². The van der Waals surface area contributed by atoms with Crippen LogP contribution in [0.3, 0.4) is 0 Å². The Morgan fingerprint density at radius 2 is 1.72 bits per heavy atom. The van der Waals surface area contributed by atoms with Crippen LogP contribution in [0.15, 0.2) is 78.0 Å². The molecule has 32 heavy (non-hydrogen) atoms. The minimum Gasteiger partial charge on any atom is -0.325 e. The fourth-order valence-electron chi connectivity index (χ4n) is 3.46. The second-order valence-corrected chi connectivity index (χ2v) is 8.81. The average molecular weight is 443 g/mol. The standard InChI is InChI=1S/C26H26N4OS/c1-18-8-7-11-23(14-18)30-24(16-21-9-5-4-6-10-21)28-29-26(30)32-17-25(31)27-22-13-12-19(2)20(3)15-22/h4-15H,16-17H2,1-3H3,(H,27,31). The largest absolute Gasteiger partial charge is 0.325 e. The van der Waals surface area contributed by atoms with E-state index in [1.807, 2.05) is 60.0 Å². The van der Waals surface area contributed by atoms with Crippen molar-refractivity contribution in [3.8, 4) is 5.69 Å². The number of hydrogen-bond acceptors (Lipinski definition) is 4. The molecule has 0 unspecified atom stereocenters. The van der Waals surface area contributed by atoms with Crippen molar-refractivity contribution in [1.82, 2.24) is 14.8 Å². The second-order valence-electron chi connectivity index (χ2n) is 7.87. The van der Waals surface area contributed by atoms with E-state index < -0.39 is 0 Å². The van der Waals surface area contributed by atoms with Gasteiger partial charge in [0.05, 0.1) is 5.75 Å². The molecule has 0 atom stereocenters. The third-order valence-corrected chi connectivity index (χ3v) is 6.22. The van der Waals surface area contributed by atoms with Crippen molar-refractivity contribution in [3.63, 3.8) is 0 Å². The second kappa shape index (κ2) is 9.83. The summed E-state index contributed by atoms with van der Waals surface area (Å²) >= 11 is 1.39. The van der Waals surface area contributed by atoms with E-state index >= 15 is 0 Å². The lowest BCUT2D eigenvalue weighted by Gasteiger charge is -2.11. The lowest BCUT2D eigenvalue weighted by Crippen LogP contribution is -2.15. The molecule has 0 bridgehead atoms. The zero-order valence-electron chi connectivity index (χ0n) is 18.5. The SMILES string of the molecule is Cc1cccc(-n2c(Cc3ccccc3)nnc2SCC(=O)Nc2ccc(C)c(C)c2)c1. The monoisotopic (exact) mass is 442 g/mol. The Balaban J connectivity index is 1.55. The fraction of sp³-hybridized carbons (Fsp3) is 0.192. The number of nitrogens with one attached hydrogen (secondary N) is 1. The van der Waals surface area contributed by atoms with E-state index in [9.17, 15) is 4.79 Å². The Hall–Kier alpha value is -3.38. The molecule has 0 fully saturated rings. The van der Waals surface area contributed by atoms with Gasteiger partial charge in [-0.25, -0.2) is 0 Å². The highest BCUT2D eigenvalue weighted by molar-refractivity contribution is 7.99. The lowest BCUT2D eigenvalue weighted by molar-refractivity contribution is -0.113. The number of thioether (sulfide) groups is 1. The zero-order valence-corrected chi connectivity index (χ0v) is 19.3. The summed E-state index contributed by atoms with van der Waals surface area (Å²) in [6, 6.07) is 24.4. The quantitative estimate of drug-likeness (QED) is 0.383. The summed E-state index contributed by atoms with van der Waals surface area (Å²) in [5, 5.41) is 12.6. The molecule has 0 aliphatic carbocycles. The van der Waals surface area contributed by atoms with Crippen LogP contribution in [-0.2, 0) is 11.2 Å². The number of hydrogen-bond donors (Lipinski definition) is 1. The molecule has 3 aromatic carbocycles. The molecule has 0 aliphatic rings. The molecule has 4 rings (SSSR count). The zero-order chi connectivity index (χ0) is 22.5. The fourth-order valence-corrected chi connectivity index (χ4v) is 4.23. The van der Waals surface area contributed by atoms with E-state index in [1.165, 1.54) is 17.3 Å². The summed E-state index contributed by atoms with van der Waals surface area (Å²) in [6.45, 7) is 6.16. The van der Waals surface area contributed by atoms with Crippen molar-refractivity contribution in [2.45, 2.75) is 32.3 Å². The van der Waals surface area contributed by atoms with Gasteiger partial charge in [0.2, 0.25) is 5.91 Å². The number of amides is 1.